The zero-order valence-corrected chi connectivity index (χ0v) is 14.3. The summed E-state index contributed by atoms with van der Waals surface area (Å²) in [5.41, 5.74) is 5.27. The van der Waals surface area contributed by atoms with Crippen LogP contribution in [0.5, 0.6) is 0 Å². The van der Waals surface area contributed by atoms with Crippen LogP contribution in [0.3, 0.4) is 0 Å². The summed E-state index contributed by atoms with van der Waals surface area (Å²) in [7, 11) is 0. The third-order valence-electron chi connectivity index (χ3n) is 4.36. The van der Waals surface area contributed by atoms with Crippen LogP contribution in [0, 0.1) is 13.8 Å². The first-order valence-electron chi connectivity index (χ1n) is 8.36. The Morgan fingerprint density at radius 3 is 2.67 bits per heavy atom. The highest BCUT2D eigenvalue weighted by Gasteiger charge is 2.12. The molecule has 3 nitrogen and oxygen atoms in total. The molecule has 0 N–H and O–H groups in total. The van der Waals surface area contributed by atoms with E-state index in [1.54, 1.807) is 6.08 Å². The molecule has 1 fully saturated rings. The van der Waals surface area contributed by atoms with Crippen molar-refractivity contribution in [3.63, 3.8) is 0 Å². The lowest BCUT2D eigenvalue weighted by molar-refractivity contribution is 0.104. The quantitative estimate of drug-likeness (QED) is 0.629. The third kappa shape index (κ3) is 3.92. The number of nitrogens with zero attached hydrogens (tertiary/aromatic N) is 1. The number of ether oxygens (including phenoxy) is 1. The smallest absolute Gasteiger partial charge is 0.185 e. The van der Waals surface area contributed by atoms with Gasteiger partial charge in [-0.05, 0) is 43.2 Å². The van der Waals surface area contributed by atoms with Gasteiger partial charge in [0.15, 0.2) is 5.78 Å². The van der Waals surface area contributed by atoms with Gasteiger partial charge >= 0.3 is 0 Å². The number of ketones is 1. The van der Waals surface area contributed by atoms with E-state index < -0.39 is 0 Å². The zero-order valence-electron chi connectivity index (χ0n) is 14.3. The fourth-order valence-electron chi connectivity index (χ4n) is 2.88. The van der Waals surface area contributed by atoms with Gasteiger partial charge in [-0.15, -0.1) is 0 Å². The Hall–Kier alpha value is -2.39. The van der Waals surface area contributed by atoms with Crippen LogP contribution in [0.1, 0.15) is 27.0 Å². The van der Waals surface area contributed by atoms with Crippen molar-refractivity contribution in [2.24, 2.45) is 0 Å². The number of benzene rings is 2. The van der Waals surface area contributed by atoms with Crippen molar-refractivity contribution < 1.29 is 9.53 Å². The van der Waals surface area contributed by atoms with Gasteiger partial charge < -0.3 is 9.64 Å². The second-order valence-corrected chi connectivity index (χ2v) is 6.21. The van der Waals surface area contributed by atoms with Crippen molar-refractivity contribution in [2.75, 3.05) is 31.2 Å². The number of anilines is 1. The number of carbonyl (C=O) groups is 1. The first-order valence-corrected chi connectivity index (χ1v) is 8.36. The van der Waals surface area contributed by atoms with E-state index in [4.69, 9.17) is 4.74 Å². The fourth-order valence-corrected chi connectivity index (χ4v) is 2.88. The van der Waals surface area contributed by atoms with Gasteiger partial charge in [-0.1, -0.05) is 42.0 Å². The second kappa shape index (κ2) is 7.45. The second-order valence-electron chi connectivity index (χ2n) is 6.21. The highest BCUT2D eigenvalue weighted by atomic mass is 16.5. The first kappa shape index (κ1) is 16.5. The largest absolute Gasteiger partial charge is 0.378 e. The Morgan fingerprint density at radius 1 is 1.08 bits per heavy atom. The van der Waals surface area contributed by atoms with Crippen LogP contribution in [-0.4, -0.2) is 32.1 Å². The minimum absolute atomic E-state index is 0.0333. The van der Waals surface area contributed by atoms with E-state index in [1.807, 2.05) is 24.3 Å². The minimum atomic E-state index is 0.0333. The molecule has 1 heterocycles. The molecule has 2 aromatic carbocycles. The average Bonchev–Trinajstić information content (AvgIpc) is 2.63. The maximum absolute atomic E-state index is 12.5. The van der Waals surface area contributed by atoms with E-state index in [0.29, 0.717) is 0 Å². The van der Waals surface area contributed by atoms with Crippen LogP contribution in [0.2, 0.25) is 0 Å². The number of morpholine rings is 1. The number of rotatable bonds is 4. The lowest BCUT2D eigenvalue weighted by Gasteiger charge is -2.29. The number of carbonyl (C=O) groups excluding carboxylic acids is 1. The third-order valence-corrected chi connectivity index (χ3v) is 4.36. The molecule has 1 aliphatic rings. The molecule has 0 aromatic heterocycles. The molecule has 3 heteroatoms. The van der Waals surface area contributed by atoms with E-state index in [0.717, 1.165) is 43.1 Å². The van der Waals surface area contributed by atoms with E-state index in [-0.39, 0.29) is 5.78 Å². The van der Waals surface area contributed by atoms with Crippen molar-refractivity contribution in [3.05, 3.63) is 70.8 Å². The van der Waals surface area contributed by atoms with Crippen molar-refractivity contribution in [1.82, 2.24) is 0 Å². The van der Waals surface area contributed by atoms with Gasteiger partial charge in [-0.25, -0.2) is 0 Å². The number of allylic oxidation sites excluding steroid dienone is 1. The summed E-state index contributed by atoms with van der Waals surface area (Å²) < 4.78 is 5.39. The molecule has 24 heavy (non-hydrogen) atoms. The molecule has 1 aliphatic heterocycles. The van der Waals surface area contributed by atoms with Crippen LogP contribution in [0.4, 0.5) is 5.69 Å². The molecule has 2 aromatic rings. The predicted molar refractivity (Wildman–Crippen MR) is 98.8 cm³/mol. The SMILES string of the molecule is Cc1ccc(C)c(C=CC(=O)c2cccc(N3CCOCC3)c2)c1. The Kier molecular flexibility index (Phi) is 5.11. The van der Waals surface area contributed by atoms with E-state index in [1.165, 1.54) is 11.1 Å². The van der Waals surface area contributed by atoms with Gasteiger partial charge in [0.1, 0.15) is 0 Å². The summed E-state index contributed by atoms with van der Waals surface area (Å²) in [6, 6.07) is 14.1. The molecule has 1 saturated heterocycles. The van der Waals surface area contributed by atoms with Crippen LogP contribution >= 0.6 is 0 Å². The number of aryl methyl sites for hydroxylation is 2. The van der Waals surface area contributed by atoms with Gasteiger partial charge in [0.2, 0.25) is 0 Å². The van der Waals surface area contributed by atoms with E-state index >= 15 is 0 Å². The maximum atomic E-state index is 12.5. The average molecular weight is 321 g/mol. The van der Waals surface area contributed by atoms with Crippen LogP contribution in [0.15, 0.2) is 48.5 Å². The minimum Gasteiger partial charge on any atom is -0.378 e. The van der Waals surface area contributed by atoms with Gasteiger partial charge in [0.25, 0.3) is 0 Å². The van der Waals surface area contributed by atoms with Crippen molar-refractivity contribution in [1.29, 1.82) is 0 Å². The van der Waals surface area contributed by atoms with Gasteiger partial charge in [-0.3, -0.25) is 4.79 Å². The summed E-state index contributed by atoms with van der Waals surface area (Å²) in [5, 5.41) is 0. The summed E-state index contributed by atoms with van der Waals surface area (Å²) >= 11 is 0. The van der Waals surface area contributed by atoms with Crippen molar-refractivity contribution in [3.8, 4) is 0 Å². The van der Waals surface area contributed by atoms with Gasteiger partial charge in [0, 0.05) is 24.3 Å². The van der Waals surface area contributed by atoms with Crippen molar-refractivity contribution >= 4 is 17.5 Å². The molecule has 0 aliphatic carbocycles. The molecule has 0 saturated carbocycles. The van der Waals surface area contributed by atoms with Gasteiger partial charge in [0.05, 0.1) is 13.2 Å². The molecular formula is C21H23NO2. The molecular weight excluding hydrogens is 298 g/mol. The Labute approximate surface area is 143 Å². The zero-order chi connectivity index (χ0) is 16.9. The lowest BCUT2D eigenvalue weighted by Crippen LogP contribution is -2.36. The Bertz CT molecular complexity index is 758. The topological polar surface area (TPSA) is 29.5 Å². The Morgan fingerprint density at radius 2 is 1.88 bits per heavy atom. The molecule has 3 rings (SSSR count). The molecule has 0 radical (unpaired) electrons. The highest BCUT2D eigenvalue weighted by Crippen LogP contribution is 2.19. The summed E-state index contributed by atoms with van der Waals surface area (Å²) in [6.07, 6.45) is 3.58. The maximum Gasteiger partial charge on any atom is 0.185 e. The molecule has 0 bridgehead atoms. The predicted octanol–water partition coefficient (Wildman–Crippen LogP) is 4.04. The van der Waals surface area contributed by atoms with E-state index in [9.17, 15) is 4.79 Å². The number of hydrogen-bond donors (Lipinski definition) is 0. The molecule has 0 spiro atoms. The highest BCUT2D eigenvalue weighted by molar-refractivity contribution is 6.07. The van der Waals surface area contributed by atoms with E-state index in [2.05, 4.69) is 43.0 Å². The molecule has 0 amide bonds. The fraction of sp³-hybridized carbons (Fsp3) is 0.286. The summed E-state index contributed by atoms with van der Waals surface area (Å²) in [4.78, 5) is 14.8. The molecule has 0 atom stereocenters. The van der Waals surface area contributed by atoms with Crippen LogP contribution < -0.4 is 4.90 Å². The normalized spacial score (nSPS) is 15.0. The first-order chi connectivity index (χ1) is 11.6. The van der Waals surface area contributed by atoms with Crippen LogP contribution in [-0.2, 0) is 4.74 Å². The lowest BCUT2D eigenvalue weighted by atomic mass is 10.0. The number of hydrogen-bond acceptors (Lipinski definition) is 3. The molecule has 124 valence electrons. The Balaban J connectivity index is 1.77. The standard InChI is InChI=1S/C21H23NO2/c1-16-6-7-17(2)18(14-16)8-9-21(23)19-4-3-5-20(15-19)22-10-12-24-13-11-22/h3-9,14-15H,10-13H2,1-2H3. The van der Waals surface area contributed by atoms with Crippen molar-refractivity contribution in [2.45, 2.75) is 13.8 Å². The summed E-state index contributed by atoms with van der Waals surface area (Å²) in [5.74, 6) is 0.0333. The summed E-state index contributed by atoms with van der Waals surface area (Å²) in [6.45, 7) is 7.34. The van der Waals surface area contributed by atoms with Gasteiger partial charge in [-0.2, -0.15) is 0 Å². The van der Waals surface area contributed by atoms with Crippen LogP contribution in [0.25, 0.3) is 6.08 Å². The molecule has 0 unspecified atom stereocenters. The monoisotopic (exact) mass is 321 g/mol.